The quantitative estimate of drug-likeness (QED) is 0.449. The zero-order chi connectivity index (χ0) is 26.8. The second-order valence-electron chi connectivity index (χ2n) is 12.1. The number of aliphatic carboxylic acids is 1. The first kappa shape index (κ1) is 27.9. The molecule has 2 aromatic rings. The molecule has 0 aromatic carbocycles. The molecule has 7 heteroatoms. The van der Waals surface area contributed by atoms with Crippen molar-refractivity contribution in [3.05, 3.63) is 35.8 Å². The molecule has 1 saturated heterocycles. The number of hydrogen-bond donors (Lipinski definition) is 1. The number of carboxylic acids is 1. The van der Waals surface area contributed by atoms with Gasteiger partial charge in [-0.3, -0.25) is 9.97 Å². The number of aromatic nitrogens is 2. The van der Waals surface area contributed by atoms with Gasteiger partial charge in [-0.1, -0.05) is 27.7 Å². The van der Waals surface area contributed by atoms with Crippen LogP contribution in [-0.4, -0.2) is 45.8 Å². The largest absolute Gasteiger partial charge is 0.489 e. The number of anilines is 1. The third kappa shape index (κ3) is 6.75. The number of piperidine rings is 1. The normalized spacial score (nSPS) is 17.7. The topological polar surface area (TPSA) is 84.8 Å². The SMILES string of the molecule is Cc1ncc(-c2ccc(O[C@H](C)C(C)C)cn2)c(N2CCC(C)(C)CC2)c1[C@H](OC(C)(C)C)C(=O)O. The lowest BCUT2D eigenvalue weighted by Crippen LogP contribution is -2.39. The summed E-state index contributed by atoms with van der Waals surface area (Å²) in [6.07, 6.45) is 4.50. The van der Waals surface area contributed by atoms with E-state index in [-0.39, 0.29) is 11.5 Å². The minimum atomic E-state index is -1.14. The van der Waals surface area contributed by atoms with Crippen LogP contribution in [0.25, 0.3) is 11.3 Å². The van der Waals surface area contributed by atoms with Crippen LogP contribution in [0.4, 0.5) is 5.69 Å². The van der Waals surface area contributed by atoms with E-state index in [2.05, 4.69) is 37.6 Å². The molecule has 1 aliphatic heterocycles. The van der Waals surface area contributed by atoms with Gasteiger partial charge in [-0.15, -0.1) is 0 Å². The monoisotopic (exact) mass is 497 g/mol. The lowest BCUT2D eigenvalue weighted by atomic mass is 9.82. The van der Waals surface area contributed by atoms with Crippen LogP contribution in [0.5, 0.6) is 5.75 Å². The number of aryl methyl sites for hydroxylation is 1. The molecule has 0 spiro atoms. The maximum absolute atomic E-state index is 12.5. The number of carboxylic acid groups (broad SMARTS) is 1. The fraction of sp³-hybridized carbons (Fsp3) is 0.621. The molecule has 2 aromatic heterocycles. The molecule has 0 saturated carbocycles. The summed E-state index contributed by atoms with van der Waals surface area (Å²) in [5.41, 5.74) is 3.25. The van der Waals surface area contributed by atoms with E-state index in [4.69, 9.17) is 14.5 Å². The van der Waals surface area contributed by atoms with Crippen molar-refractivity contribution in [3.8, 4) is 17.0 Å². The summed E-state index contributed by atoms with van der Waals surface area (Å²) >= 11 is 0. The standard InChI is InChI=1S/C29H43N3O4/c1-18(2)20(4)35-21-10-11-23(31-16-21)22-17-30-19(3)24(26(27(33)34)36-28(5,6)7)25(22)32-14-12-29(8,9)13-15-32/h10-11,16-18,20,26H,12-15H2,1-9H3,(H,33,34)/t20-,26+/m1/s1. The molecule has 0 amide bonds. The fourth-order valence-corrected chi connectivity index (χ4v) is 4.33. The highest BCUT2D eigenvalue weighted by molar-refractivity contribution is 5.85. The van der Waals surface area contributed by atoms with Gasteiger partial charge < -0.3 is 19.5 Å². The van der Waals surface area contributed by atoms with E-state index in [1.54, 1.807) is 6.20 Å². The van der Waals surface area contributed by atoms with Crippen molar-refractivity contribution >= 4 is 11.7 Å². The van der Waals surface area contributed by atoms with Crippen molar-refractivity contribution < 1.29 is 19.4 Å². The zero-order valence-corrected chi connectivity index (χ0v) is 23.4. The van der Waals surface area contributed by atoms with Crippen molar-refractivity contribution in [2.75, 3.05) is 18.0 Å². The maximum atomic E-state index is 12.5. The molecule has 1 fully saturated rings. The number of hydrogen-bond acceptors (Lipinski definition) is 6. The first-order valence-corrected chi connectivity index (χ1v) is 13.0. The first-order chi connectivity index (χ1) is 16.7. The Morgan fingerprint density at radius 1 is 1.08 bits per heavy atom. The van der Waals surface area contributed by atoms with Gasteiger partial charge in [-0.25, -0.2) is 4.79 Å². The molecule has 198 valence electrons. The van der Waals surface area contributed by atoms with Crippen LogP contribution in [-0.2, 0) is 9.53 Å². The Balaban J connectivity index is 2.13. The molecule has 7 nitrogen and oxygen atoms in total. The van der Waals surface area contributed by atoms with Crippen LogP contribution in [0.2, 0.25) is 0 Å². The number of rotatable bonds is 8. The highest BCUT2D eigenvalue weighted by Gasteiger charge is 2.36. The van der Waals surface area contributed by atoms with E-state index in [0.29, 0.717) is 22.9 Å². The van der Waals surface area contributed by atoms with Gasteiger partial charge in [0.2, 0.25) is 0 Å². The number of ether oxygens (including phenoxy) is 2. The van der Waals surface area contributed by atoms with Crippen LogP contribution >= 0.6 is 0 Å². The number of nitrogens with zero attached hydrogens (tertiary/aromatic N) is 3. The third-order valence-corrected chi connectivity index (χ3v) is 6.95. The van der Waals surface area contributed by atoms with Crippen LogP contribution in [0, 0.1) is 18.3 Å². The van der Waals surface area contributed by atoms with Gasteiger partial charge in [0.25, 0.3) is 0 Å². The Kier molecular flexibility index (Phi) is 8.33. The van der Waals surface area contributed by atoms with Crippen LogP contribution in [0.3, 0.4) is 0 Å². The fourth-order valence-electron chi connectivity index (χ4n) is 4.33. The minimum absolute atomic E-state index is 0.0726. The summed E-state index contributed by atoms with van der Waals surface area (Å²) in [6.45, 7) is 20.0. The Morgan fingerprint density at radius 3 is 2.22 bits per heavy atom. The molecule has 0 radical (unpaired) electrons. The smallest absolute Gasteiger partial charge is 0.337 e. The summed E-state index contributed by atoms with van der Waals surface area (Å²) in [4.78, 5) is 24.1. The van der Waals surface area contributed by atoms with Crippen molar-refractivity contribution in [1.29, 1.82) is 0 Å². The van der Waals surface area contributed by atoms with Gasteiger partial charge in [0, 0.05) is 36.1 Å². The van der Waals surface area contributed by atoms with Gasteiger partial charge in [0.1, 0.15) is 5.75 Å². The molecule has 2 atom stereocenters. The molecule has 1 N–H and O–H groups in total. The van der Waals surface area contributed by atoms with Gasteiger partial charge in [-0.05, 0) is 70.9 Å². The second-order valence-corrected chi connectivity index (χ2v) is 12.1. The lowest BCUT2D eigenvalue weighted by Gasteiger charge is -2.40. The molecule has 36 heavy (non-hydrogen) atoms. The van der Waals surface area contributed by atoms with Crippen LogP contribution in [0.1, 0.15) is 85.6 Å². The Morgan fingerprint density at radius 2 is 1.72 bits per heavy atom. The van der Waals surface area contributed by atoms with Gasteiger partial charge in [0.05, 0.1) is 29.3 Å². The van der Waals surface area contributed by atoms with E-state index in [0.717, 1.165) is 42.9 Å². The van der Waals surface area contributed by atoms with Crippen LogP contribution < -0.4 is 9.64 Å². The van der Waals surface area contributed by atoms with Gasteiger partial charge >= 0.3 is 5.97 Å². The average molecular weight is 498 g/mol. The molecular weight excluding hydrogens is 454 g/mol. The second kappa shape index (κ2) is 10.8. The highest BCUT2D eigenvalue weighted by Crippen LogP contribution is 2.43. The predicted octanol–water partition coefficient (Wildman–Crippen LogP) is 6.44. The number of pyridine rings is 2. The van der Waals surface area contributed by atoms with Crippen LogP contribution in [0.15, 0.2) is 24.5 Å². The van der Waals surface area contributed by atoms with Gasteiger partial charge in [0.15, 0.2) is 6.10 Å². The Labute approximate surface area is 216 Å². The van der Waals surface area contributed by atoms with E-state index in [9.17, 15) is 9.90 Å². The summed E-state index contributed by atoms with van der Waals surface area (Å²) < 4.78 is 12.1. The predicted molar refractivity (Wildman–Crippen MR) is 144 cm³/mol. The molecule has 0 bridgehead atoms. The lowest BCUT2D eigenvalue weighted by molar-refractivity contribution is -0.160. The molecule has 1 aliphatic rings. The summed E-state index contributed by atoms with van der Waals surface area (Å²) in [5, 5.41) is 10.2. The first-order valence-electron chi connectivity index (χ1n) is 13.0. The van der Waals surface area contributed by atoms with Crippen molar-refractivity contribution in [2.24, 2.45) is 11.3 Å². The molecule has 3 rings (SSSR count). The molecular formula is C29H43N3O4. The summed E-state index contributed by atoms with van der Waals surface area (Å²) in [7, 11) is 0. The summed E-state index contributed by atoms with van der Waals surface area (Å²) in [5.74, 6) is 0.0743. The van der Waals surface area contributed by atoms with E-state index < -0.39 is 17.7 Å². The minimum Gasteiger partial charge on any atom is -0.489 e. The third-order valence-electron chi connectivity index (χ3n) is 6.95. The van der Waals surface area contributed by atoms with Crippen molar-refractivity contribution in [1.82, 2.24) is 9.97 Å². The van der Waals surface area contributed by atoms with E-state index in [1.165, 1.54) is 0 Å². The summed E-state index contributed by atoms with van der Waals surface area (Å²) in [6, 6.07) is 3.85. The van der Waals surface area contributed by atoms with E-state index >= 15 is 0 Å². The molecule has 0 aliphatic carbocycles. The van der Waals surface area contributed by atoms with Crippen molar-refractivity contribution in [3.63, 3.8) is 0 Å². The number of carbonyl (C=O) groups is 1. The average Bonchev–Trinajstić information content (AvgIpc) is 2.77. The van der Waals surface area contributed by atoms with Crippen molar-refractivity contribution in [2.45, 2.75) is 93.0 Å². The van der Waals surface area contributed by atoms with E-state index in [1.807, 2.05) is 52.9 Å². The Hall–Kier alpha value is -2.67. The highest BCUT2D eigenvalue weighted by atomic mass is 16.5. The zero-order valence-electron chi connectivity index (χ0n) is 23.4. The molecule has 3 heterocycles. The molecule has 0 unspecified atom stereocenters. The maximum Gasteiger partial charge on any atom is 0.337 e. The van der Waals surface area contributed by atoms with Gasteiger partial charge in [-0.2, -0.15) is 0 Å². The Bertz CT molecular complexity index is 1050.